The minimum atomic E-state index is -3.57. The van der Waals surface area contributed by atoms with E-state index in [0.717, 1.165) is 19.3 Å². The van der Waals surface area contributed by atoms with Gasteiger partial charge in [0.25, 0.3) is 0 Å². The maximum absolute atomic E-state index is 12.6. The van der Waals surface area contributed by atoms with E-state index >= 15 is 0 Å². The molecule has 0 bridgehead atoms. The molecule has 108 valence electrons. The van der Waals surface area contributed by atoms with Gasteiger partial charge in [-0.1, -0.05) is 19.8 Å². The monoisotopic (exact) mass is 285 g/mol. The Kier molecular flexibility index (Phi) is 5.75. The van der Waals surface area contributed by atoms with Crippen molar-refractivity contribution in [3.63, 3.8) is 0 Å². The quantitative estimate of drug-likeness (QED) is 0.780. The number of hydrogen-bond acceptors (Lipinski definition) is 4. The molecule has 0 amide bonds. The summed E-state index contributed by atoms with van der Waals surface area (Å²) in [6, 6.07) is 1.42. The fourth-order valence-corrected chi connectivity index (χ4v) is 3.64. The highest BCUT2D eigenvalue weighted by Gasteiger charge is 2.28. The molecule has 0 aliphatic rings. The standard InChI is InChI=1S/C13H23N3O2S/c1-4-5-6-9-16(11(2)3)19(17,18)13-10-15-8-7-12(13)14/h7-8,10-11H,4-6,9H2,1-3H3,(H2,14,15). The summed E-state index contributed by atoms with van der Waals surface area (Å²) in [6.45, 7) is 6.35. The van der Waals surface area contributed by atoms with Crippen molar-refractivity contribution in [1.29, 1.82) is 0 Å². The number of unbranched alkanes of at least 4 members (excludes halogenated alkanes) is 2. The Labute approximate surface area is 115 Å². The highest BCUT2D eigenvalue weighted by molar-refractivity contribution is 7.89. The lowest BCUT2D eigenvalue weighted by Crippen LogP contribution is -2.38. The van der Waals surface area contributed by atoms with Crippen LogP contribution in [0.5, 0.6) is 0 Å². The first-order valence-electron chi connectivity index (χ1n) is 6.62. The van der Waals surface area contributed by atoms with Gasteiger partial charge in [-0.2, -0.15) is 4.31 Å². The Hall–Kier alpha value is -1.14. The third kappa shape index (κ3) is 3.91. The third-order valence-electron chi connectivity index (χ3n) is 2.96. The SMILES string of the molecule is CCCCCN(C(C)C)S(=O)(=O)c1cnccc1N. The van der Waals surface area contributed by atoms with Gasteiger partial charge in [0.15, 0.2) is 0 Å². The molecule has 0 radical (unpaired) electrons. The zero-order valence-corrected chi connectivity index (χ0v) is 12.7. The second-order valence-electron chi connectivity index (χ2n) is 4.83. The molecule has 1 rings (SSSR count). The number of anilines is 1. The maximum atomic E-state index is 12.6. The summed E-state index contributed by atoms with van der Waals surface area (Å²) in [5.41, 5.74) is 6.00. The van der Waals surface area contributed by atoms with Gasteiger partial charge in [-0.15, -0.1) is 0 Å². The van der Waals surface area contributed by atoms with Crippen LogP contribution in [0.15, 0.2) is 23.4 Å². The molecule has 1 aromatic heterocycles. The molecule has 5 nitrogen and oxygen atoms in total. The van der Waals surface area contributed by atoms with Crippen LogP contribution >= 0.6 is 0 Å². The van der Waals surface area contributed by atoms with Crippen LogP contribution in [0.3, 0.4) is 0 Å². The van der Waals surface area contributed by atoms with Crippen LogP contribution in [-0.4, -0.2) is 30.3 Å². The molecule has 0 fully saturated rings. The normalized spacial score (nSPS) is 12.3. The first-order chi connectivity index (χ1) is 8.91. The topological polar surface area (TPSA) is 76.3 Å². The lowest BCUT2D eigenvalue weighted by Gasteiger charge is -2.26. The van der Waals surface area contributed by atoms with Crippen LogP contribution in [0.1, 0.15) is 40.0 Å². The van der Waals surface area contributed by atoms with Crippen LogP contribution in [0.25, 0.3) is 0 Å². The number of nitrogens with two attached hydrogens (primary N) is 1. The zero-order chi connectivity index (χ0) is 14.5. The van der Waals surface area contributed by atoms with Gasteiger partial charge in [0.1, 0.15) is 4.90 Å². The van der Waals surface area contributed by atoms with Crippen molar-refractivity contribution < 1.29 is 8.42 Å². The average Bonchev–Trinajstić information content (AvgIpc) is 2.34. The van der Waals surface area contributed by atoms with Gasteiger partial charge in [-0.3, -0.25) is 4.98 Å². The number of nitrogens with zero attached hydrogens (tertiary/aromatic N) is 2. The molecule has 19 heavy (non-hydrogen) atoms. The van der Waals surface area contributed by atoms with Gasteiger partial charge in [0.2, 0.25) is 10.0 Å². The second-order valence-corrected chi connectivity index (χ2v) is 6.69. The largest absolute Gasteiger partial charge is 0.398 e. The number of sulfonamides is 1. The molecular formula is C13H23N3O2S. The number of pyridine rings is 1. The molecule has 0 saturated heterocycles. The first-order valence-corrected chi connectivity index (χ1v) is 8.06. The van der Waals surface area contributed by atoms with Crippen molar-refractivity contribution in [3.8, 4) is 0 Å². The predicted octanol–water partition coefficient (Wildman–Crippen LogP) is 2.25. The molecule has 0 spiro atoms. The van der Waals surface area contributed by atoms with Crippen molar-refractivity contribution >= 4 is 15.7 Å². The summed E-state index contributed by atoms with van der Waals surface area (Å²) in [5, 5.41) is 0. The first kappa shape index (κ1) is 15.9. The predicted molar refractivity (Wildman–Crippen MR) is 77.2 cm³/mol. The molecule has 0 unspecified atom stereocenters. The van der Waals surface area contributed by atoms with Gasteiger partial charge in [0, 0.05) is 25.0 Å². The second kappa shape index (κ2) is 6.86. The smallest absolute Gasteiger partial charge is 0.246 e. The fraction of sp³-hybridized carbons (Fsp3) is 0.615. The van der Waals surface area contributed by atoms with Crippen LogP contribution in [0.2, 0.25) is 0 Å². The van der Waals surface area contributed by atoms with Crippen LogP contribution in [0, 0.1) is 0 Å². The van der Waals surface area contributed by atoms with Gasteiger partial charge < -0.3 is 5.73 Å². The molecule has 0 atom stereocenters. The van der Waals surface area contributed by atoms with Crippen molar-refractivity contribution in [2.24, 2.45) is 0 Å². The summed E-state index contributed by atoms with van der Waals surface area (Å²) in [7, 11) is -3.57. The van der Waals surface area contributed by atoms with Crippen LogP contribution < -0.4 is 5.73 Å². The third-order valence-corrected chi connectivity index (χ3v) is 5.08. The number of hydrogen-bond donors (Lipinski definition) is 1. The summed E-state index contributed by atoms with van der Waals surface area (Å²) in [6.07, 6.45) is 5.74. The number of nitrogen functional groups attached to an aromatic ring is 1. The van der Waals surface area contributed by atoms with Crippen molar-refractivity contribution in [3.05, 3.63) is 18.5 Å². The van der Waals surface area contributed by atoms with Crippen LogP contribution in [-0.2, 0) is 10.0 Å². The zero-order valence-electron chi connectivity index (χ0n) is 11.8. The molecule has 1 heterocycles. The Morgan fingerprint density at radius 3 is 2.58 bits per heavy atom. The van der Waals surface area contributed by atoms with E-state index in [2.05, 4.69) is 11.9 Å². The average molecular weight is 285 g/mol. The summed E-state index contributed by atoms with van der Waals surface area (Å²) in [4.78, 5) is 3.96. The molecule has 0 aliphatic carbocycles. The molecule has 1 aromatic rings. The molecule has 6 heteroatoms. The molecular weight excluding hydrogens is 262 g/mol. The Bertz CT molecular complexity index is 500. The highest BCUT2D eigenvalue weighted by atomic mass is 32.2. The van der Waals surface area contributed by atoms with E-state index in [1.807, 2.05) is 13.8 Å². The molecule has 0 aliphatic heterocycles. The lowest BCUT2D eigenvalue weighted by atomic mass is 10.2. The molecule has 0 aromatic carbocycles. The minimum Gasteiger partial charge on any atom is -0.398 e. The van der Waals surface area contributed by atoms with Gasteiger partial charge in [-0.05, 0) is 26.3 Å². The van der Waals surface area contributed by atoms with E-state index in [1.54, 1.807) is 0 Å². The van der Waals surface area contributed by atoms with Gasteiger partial charge in [0.05, 0.1) is 5.69 Å². The Morgan fingerprint density at radius 1 is 1.37 bits per heavy atom. The highest BCUT2D eigenvalue weighted by Crippen LogP contribution is 2.23. The van der Waals surface area contributed by atoms with E-state index in [1.165, 1.54) is 22.8 Å². The number of rotatable bonds is 7. The van der Waals surface area contributed by atoms with Gasteiger partial charge in [-0.25, -0.2) is 8.42 Å². The van der Waals surface area contributed by atoms with Crippen molar-refractivity contribution in [1.82, 2.24) is 9.29 Å². The Balaban J connectivity index is 3.03. The maximum Gasteiger partial charge on any atom is 0.246 e. The van der Waals surface area contributed by atoms with E-state index in [0.29, 0.717) is 6.54 Å². The summed E-state index contributed by atoms with van der Waals surface area (Å²) in [5.74, 6) is 0. The van der Waals surface area contributed by atoms with Crippen molar-refractivity contribution in [2.75, 3.05) is 12.3 Å². The van der Waals surface area contributed by atoms with E-state index in [4.69, 9.17) is 5.73 Å². The number of aromatic nitrogens is 1. The van der Waals surface area contributed by atoms with Crippen molar-refractivity contribution in [2.45, 2.75) is 51.0 Å². The summed E-state index contributed by atoms with van der Waals surface area (Å²) >= 11 is 0. The van der Waals surface area contributed by atoms with Crippen LogP contribution in [0.4, 0.5) is 5.69 Å². The lowest BCUT2D eigenvalue weighted by molar-refractivity contribution is 0.345. The Morgan fingerprint density at radius 2 is 2.05 bits per heavy atom. The minimum absolute atomic E-state index is 0.0959. The fourth-order valence-electron chi connectivity index (χ4n) is 1.91. The van der Waals surface area contributed by atoms with Gasteiger partial charge >= 0.3 is 0 Å². The van der Waals surface area contributed by atoms with E-state index < -0.39 is 10.0 Å². The summed E-state index contributed by atoms with van der Waals surface area (Å²) < 4.78 is 26.7. The van der Waals surface area contributed by atoms with E-state index in [-0.39, 0.29) is 16.6 Å². The molecule has 2 N–H and O–H groups in total. The molecule has 0 saturated carbocycles. The van der Waals surface area contributed by atoms with E-state index in [9.17, 15) is 8.42 Å².